The number of carbonyl (C=O) groups is 5. The van der Waals surface area contributed by atoms with Crippen LogP contribution in [0.3, 0.4) is 0 Å². The molecule has 4 aliphatic rings. The Morgan fingerprint density at radius 1 is 0.821 bits per heavy atom. The number of ether oxygens (including phenoxy) is 2. The van der Waals surface area contributed by atoms with E-state index in [0.29, 0.717) is 133 Å². The van der Waals surface area contributed by atoms with Crippen LogP contribution in [0.1, 0.15) is 96.1 Å². The van der Waals surface area contributed by atoms with E-state index in [0.717, 1.165) is 47.6 Å². The largest absolute Gasteiger partial charge is 0.490 e. The zero-order valence-electron chi connectivity index (χ0n) is 48.6. The first-order chi connectivity index (χ1) is 40.4. The number of thioether (sulfide) groups is 1. The molecule has 4 atom stereocenters. The van der Waals surface area contributed by atoms with Crippen molar-refractivity contribution in [3.63, 3.8) is 0 Å². The van der Waals surface area contributed by atoms with Crippen molar-refractivity contribution < 1.29 is 47.4 Å². The van der Waals surface area contributed by atoms with Crippen molar-refractivity contribution in [3.8, 4) is 33.9 Å². The van der Waals surface area contributed by atoms with Crippen LogP contribution in [0.15, 0.2) is 95.4 Å². The van der Waals surface area contributed by atoms with Gasteiger partial charge in [0.25, 0.3) is 5.91 Å². The molecule has 21 heteroatoms. The summed E-state index contributed by atoms with van der Waals surface area (Å²) in [6.45, 7) is 5.78. The molecular formula is C63H77FN9O9S2+. The summed E-state index contributed by atoms with van der Waals surface area (Å²) in [4.78, 5) is 66.7. The Balaban J connectivity index is 0.824. The Kier molecular flexibility index (Phi) is 21.9. The van der Waals surface area contributed by atoms with Crippen molar-refractivity contribution >= 4 is 81.2 Å². The molecule has 2 fully saturated rings. The van der Waals surface area contributed by atoms with Gasteiger partial charge in [0.1, 0.15) is 56.2 Å². The van der Waals surface area contributed by atoms with E-state index in [1.54, 1.807) is 36.9 Å². The summed E-state index contributed by atoms with van der Waals surface area (Å²) in [5.41, 5.74) is 5.17. The van der Waals surface area contributed by atoms with Gasteiger partial charge in [-0.05, 0) is 137 Å². The maximum Gasteiger partial charge on any atom is 0.336 e. The average Bonchev–Trinajstić information content (AvgIpc) is 4.21. The van der Waals surface area contributed by atoms with E-state index in [2.05, 4.69) is 37.2 Å². The zero-order valence-corrected chi connectivity index (χ0v) is 50.2. The number of amides is 5. The fraction of sp³-hybridized carbons (Fsp3) is 0.413. The topological polar surface area (TPSA) is 228 Å². The second kappa shape index (κ2) is 29.6. The number of halogens is 1. The minimum Gasteiger partial charge on any atom is -0.490 e. The molecule has 2 saturated heterocycles. The lowest BCUT2D eigenvalue weighted by Crippen LogP contribution is -2.48. The second-order valence-electron chi connectivity index (χ2n) is 21.7. The number of nitrogens with zero attached hydrogens (tertiary/aromatic N) is 2. The Labute approximate surface area is 499 Å². The number of carboxylic acid groups (broad SMARTS) is 1. The SMILES string of the molecule is Cc1ccccc1OCCOc1cc(NC(=S)NC(CCCCNC(=O)CCCCC2SCC3NC(=O)NC32)C(=O)NCCCCCNC(=O)c2ccc(-c3c4cc(F)c(=[N+](C)C)cc-4oc4cc(N(C)C)ccc34)c(C(=O)O)c2)ccc1C. The smallest absolute Gasteiger partial charge is 0.336 e. The summed E-state index contributed by atoms with van der Waals surface area (Å²) < 4.78 is 35.6. The Morgan fingerprint density at radius 3 is 2.32 bits per heavy atom. The van der Waals surface area contributed by atoms with Crippen molar-refractivity contribution in [1.82, 2.24) is 36.5 Å². The van der Waals surface area contributed by atoms with Crippen molar-refractivity contribution in [2.45, 2.75) is 101 Å². The van der Waals surface area contributed by atoms with Gasteiger partial charge in [0.15, 0.2) is 10.9 Å². The first-order valence-electron chi connectivity index (χ1n) is 28.7. The molecule has 4 aromatic rings. The maximum atomic E-state index is 15.6. The lowest BCUT2D eigenvalue weighted by molar-refractivity contribution is -0.123. The summed E-state index contributed by atoms with van der Waals surface area (Å²) in [6, 6.07) is 26.0. The molecule has 84 heavy (non-hydrogen) atoms. The number of hydrogen-bond donors (Lipinski definition) is 8. The summed E-state index contributed by atoms with van der Waals surface area (Å²) in [5, 5.41) is 33.5. The molecule has 0 aromatic heterocycles. The quantitative estimate of drug-likeness (QED) is 0.00757. The molecule has 3 aliphatic heterocycles. The van der Waals surface area contributed by atoms with Crippen molar-refractivity contribution in [2.75, 3.05) is 77.0 Å². The van der Waals surface area contributed by atoms with Crippen LogP contribution < -0.4 is 61.5 Å². The third kappa shape index (κ3) is 16.5. The second-order valence-corrected chi connectivity index (χ2v) is 23.4. The number of unbranched alkanes of at least 4 members (excludes halogenated alkanes) is 4. The third-order valence-electron chi connectivity index (χ3n) is 15.1. The number of rotatable bonds is 28. The highest BCUT2D eigenvalue weighted by atomic mass is 32.2. The molecule has 18 nitrogen and oxygen atoms in total. The number of carboxylic acids is 1. The normalized spacial score (nSPS) is 15.6. The molecule has 0 spiro atoms. The Morgan fingerprint density at radius 2 is 1.56 bits per heavy atom. The number of thiocarbonyl (C=S) groups is 1. The fourth-order valence-corrected chi connectivity index (χ4v) is 12.3. The van der Waals surface area contributed by atoms with E-state index >= 15 is 4.39 Å². The molecule has 4 aromatic carbocycles. The minimum atomic E-state index is -1.25. The fourth-order valence-electron chi connectivity index (χ4n) is 10.5. The number of nitrogens with one attached hydrogen (secondary N) is 7. The molecule has 8 rings (SSSR count). The van der Waals surface area contributed by atoms with Gasteiger partial charge >= 0.3 is 12.0 Å². The van der Waals surface area contributed by atoms with Crippen LogP contribution in [0.2, 0.25) is 0 Å². The molecule has 1 aliphatic carbocycles. The molecule has 3 heterocycles. The van der Waals surface area contributed by atoms with Gasteiger partial charge in [0.05, 0.1) is 23.7 Å². The lowest BCUT2D eigenvalue weighted by atomic mass is 9.89. The van der Waals surface area contributed by atoms with E-state index < -0.39 is 23.7 Å². The number of urea groups is 1. The van der Waals surface area contributed by atoms with Gasteiger partial charge < -0.3 is 61.1 Å². The Bertz CT molecular complexity index is 3410. The summed E-state index contributed by atoms with van der Waals surface area (Å²) >= 11 is 7.62. The third-order valence-corrected chi connectivity index (χ3v) is 16.8. The van der Waals surface area contributed by atoms with Crippen LogP contribution in [0.25, 0.3) is 33.4 Å². The van der Waals surface area contributed by atoms with Crippen LogP contribution in [-0.4, -0.2) is 130 Å². The first-order valence-corrected chi connectivity index (χ1v) is 30.2. The molecule has 0 saturated carbocycles. The molecule has 0 bridgehead atoms. The number of fused-ring (bicyclic) bond motifs is 3. The lowest BCUT2D eigenvalue weighted by Gasteiger charge is -2.21. The highest BCUT2D eigenvalue weighted by Gasteiger charge is 2.42. The first kappa shape index (κ1) is 62.1. The van der Waals surface area contributed by atoms with Crippen molar-refractivity contribution in [1.29, 1.82) is 0 Å². The molecule has 8 N–H and O–H groups in total. The van der Waals surface area contributed by atoms with Crippen LogP contribution in [0.5, 0.6) is 11.5 Å². The number of aromatic carboxylic acids is 1. The number of aryl methyl sites for hydroxylation is 2. The predicted molar refractivity (Wildman–Crippen MR) is 333 cm³/mol. The monoisotopic (exact) mass is 1190 g/mol. The minimum absolute atomic E-state index is 0.0111. The van der Waals surface area contributed by atoms with E-state index in [1.807, 2.05) is 105 Å². The van der Waals surface area contributed by atoms with Gasteiger partial charge in [0, 0.05) is 96.7 Å². The molecule has 446 valence electrons. The van der Waals surface area contributed by atoms with Gasteiger partial charge in [-0.25, -0.2) is 14.2 Å². The van der Waals surface area contributed by atoms with Crippen LogP contribution in [0, 0.1) is 19.7 Å². The molecule has 4 unspecified atom stereocenters. The van der Waals surface area contributed by atoms with Crippen molar-refractivity contribution in [3.05, 3.63) is 124 Å². The summed E-state index contributed by atoms with van der Waals surface area (Å²) in [6.07, 6.45) is 6.64. The highest BCUT2D eigenvalue weighted by molar-refractivity contribution is 8.00. The predicted octanol–water partition coefficient (Wildman–Crippen LogP) is 8.60. The number of benzene rings is 5. The highest BCUT2D eigenvalue weighted by Crippen LogP contribution is 2.43. The summed E-state index contributed by atoms with van der Waals surface area (Å²) in [5.74, 6) is 0.292. The van der Waals surface area contributed by atoms with Gasteiger partial charge in [-0.2, -0.15) is 16.2 Å². The molecule has 0 radical (unpaired) electrons. The van der Waals surface area contributed by atoms with Gasteiger partial charge in [-0.15, -0.1) is 0 Å². The van der Waals surface area contributed by atoms with E-state index in [9.17, 15) is 29.1 Å². The number of anilines is 2. The van der Waals surface area contributed by atoms with Gasteiger partial charge in [-0.3, -0.25) is 14.4 Å². The van der Waals surface area contributed by atoms with E-state index in [1.165, 1.54) is 12.1 Å². The number of carbonyl (C=O) groups excluding carboxylic acids is 4. The Hall–Kier alpha value is -7.91. The van der Waals surface area contributed by atoms with Crippen LogP contribution in [-0.2, 0) is 9.59 Å². The van der Waals surface area contributed by atoms with Gasteiger partial charge in [0.2, 0.25) is 17.2 Å². The molecule has 5 amide bonds. The zero-order chi connectivity index (χ0) is 59.9. The number of para-hydroxylation sites is 1. The summed E-state index contributed by atoms with van der Waals surface area (Å²) in [7, 11) is 7.25. The van der Waals surface area contributed by atoms with Crippen LogP contribution in [0.4, 0.5) is 20.6 Å². The standard InChI is InChI=1S/C63H76FN9O9S2/c1-38-16-8-9-18-51(38)80-30-31-81-52-33-41(23-21-39(52)2)68-63(83)70-48(17-12-15-27-65-56(74)20-11-10-19-55-58-49(37-84-55)69-62(79)71-58)60(76)67-29-14-7-13-28-66-59(75)40-22-25-43(45(32-40)61(77)78)57-44-26-24-42(72(3)4)34-53(44)82-54-36-50(73(5)6)47(64)35-46(54)57/h8-9,16,18,21-26,32-36,48-49,55,58H,7,10-15,17,19-20,27-31,37H2,1-6H3,(H7-,65,66,67,68,69,70,71,74,75,76,77,78,79,83)/p+1. The van der Waals surface area contributed by atoms with Crippen molar-refractivity contribution in [2.24, 2.45) is 0 Å². The molecular weight excluding hydrogens is 1110 g/mol. The maximum absolute atomic E-state index is 15.6. The average molecular weight is 1190 g/mol. The van der Waals surface area contributed by atoms with E-state index in [4.69, 9.17) is 26.1 Å². The van der Waals surface area contributed by atoms with Gasteiger partial charge in [-0.1, -0.05) is 36.8 Å². The van der Waals surface area contributed by atoms with Crippen LogP contribution >= 0.6 is 24.0 Å². The number of hydrogen-bond acceptors (Lipinski definition) is 11. The van der Waals surface area contributed by atoms with E-state index in [-0.39, 0.29) is 46.2 Å².